The first-order valence-corrected chi connectivity index (χ1v) is 9.78. The van der Waals surface area contributed by atoms with Gasteiger partial charge in [0.15, 0.2) is 0 Å². The zero-order valence-corrected chi connectivity index (χ0v) is 16.2. The molecule has 0 bridgehead atoms. The first kappa shape index (κ1) is 19.3. The van der Waals surface area contributed by atoms with Crippen molar-refractivity contribution in [2.75, 3.05) is 26.2 Å². The SMILES string of the molecule is CCCC(c1nc2c(Cl)cc(F)cc2c(=O)n1CC)N1CCCNCC1. The molecular weight excluding hydrogens is 355 g/mol. The maximum Gasteiger partial charge on any atom is 0.261 e. The molecule has 1 aliphatic rings. The van der Waals surface area contributed by atoms with Crippen molar-refractivity contribution >= 4 is 22.5 Å². The highest BCUT2D eigenvalue weighted by molar-refractivity contribution is 6.35. The van der Waals surface area contributed by atoms with Crippen LogP contribution in [0.4, 0.5) is 4.39 Å². The number of aromatic nitrogens is 2. The Bertz CT molecular complexity index is 830. The lowest BCUT2D eigenvalue weighted by Gasteiger charge is -2.31. The quantitative estimate of drug-likeness (QED) is 0.864. The molecule has 7 heteroatoms. The largest absolute Gasteiger partial charge is 0.315 e. The van der Waals surface area contributed by atoms with Crippen molar-refractivity contribution in [2.24, 2.45) is 0 Å². The highest BCUT2D eigenvalue weighted by Crippen LogP contribution is 2.28. The third-order valence-corrected chi connectivity index (χ3v) is 5.29. The van der Waals surface area contributed by atoms with Crippen LogP contribution in [-0.4, -0.2) is 40.6 Å². The number of fused-ring (bicyclic) bond motifs is 1. The van der Waals surface area contributed by atoms with Crippen molar-refractivity contribution in [3.05, 3.63) is 39.2 Å². The second-order valence-corrected chi connectivity index (χ2v) is 7.15. The number of rotatable bonds is 5. The predicted octanol–water partition coefficient (Wildman–Crippen LogP) is 3.35. The lowest BCUT2D eigenvalue weighted by atomic mass is 10.1. The molecule has 1 aromatic heterocycles. The Kier molecular flexibility index (Phi) is 6.27. The van der Waals surface area contributed by atoms with Crippen LogP contribution in [0.2, 0.25) is 5.02 Å². The molecule has 1 atom stereocenters. The van der Waals surface area contributed by atoms with Gasteiger partial charge < -0.3 is 5.32 Å². The third kappa shape index (κ3) is 3.77. The van der Waals surface area contributed by atoms with E-state index in [1.54, 1.807) is 4.57 Å². The number of benzene rings is 1. The van der Waals surface area contributed by atoms with Gasteiger partial charge in [0, 0.05) is 26.2 Å². The minimum absolute atomic E-state index is 0.0538. The summed E-state index contributed by atoms with van der Waals surface area (Å²) < 4.78 is 15.4. The molecule has 1 aliphatic heterocycles. The predicted molar refractivity (Wildman–Crippen MR) is 103 cm³/mol. The number of hydrogen-bond donors (Lipinski definition) is 1. The Morgan fingerprint density at radius 2 is 2.12 bits per heavy atom. The Labute approximate surface area is 158 Å². The fourth-order valence-electron chi connectivity index (χ4n) is 3.75. The van der Waals surface area contributed by atoms with Gasteiger partial charge in [0.05, 0.1) is 22.0 Å². The van der Waals surface area contributed by atoms with Crippen LogP contribution in [0.5, 0.6) is 0 Å². The van der Waals surface area contributed by atoms with E-state index in [1.165, 1.54) is 12.1 Å². The van der Waals surface area contributed by atoms with Gasteiger partial charge in [-0.25, -0.2) is 9.37 Å². The van der Waals surface area contributed by atoms with Crippen molar-refractivity contribution in [2.45, 2.75) is 45.7 Å². The molecule has 1 N–H and O–H groups in total. The topological polar surface area (TPSA) is 50.2 Å². The van der Waals surface area contributed by atoms with E-state index in [4.69, 9.17) is 16.6 Å². The molecule has 1 fully saturated rings. The Morgan fingerprint density at radius 1 is 1.31 bits per heavy atom. The van der Waals surface area contributed by atoms with Gasteiger partial charge in [-0.1, -0.05) is 24.9 Å². The van der Waals surface area contributed by atoms with Crippen molar-refractivity contribution in [1.82, 2.24) is 19.8 Å². The van der Waals surface area contributed by atoms with Gasteiger partial charge in [-0.2, -0.15) is 0 Å². The molecule has 2 heterocycles. The van der Waals surface area contributed by atoms with E-state index < -0.39 is 5.82 Å². The molecule has 2 aromatic rings. The summed E-state index contributed by atoms with van der Waals surface area (Å²) in [5.74, 6) is 0.225. The van der Waals surface area contributed by atoms with Gasteiger partial charge in [-0.05, 0) is 38.4 Å². The molecule has 1 aromatic carbocycles. The summed E-state index contributed by atoms with van der Waals surface area (Å²) in [4.78, 5) is 20.2. The van der Waals surface area contributed by atoms with E-state index in [9.17, 15) is 9.18 Å². The molecule has 0 spiro atoms. The van der Waals surface area contributed by atoms with Gasteiger partial charge in [-0.15, -0.1) is 0 Å². The maximum absolute atomic E-state index is 13.8. The average Bonchev–Trinajstić information content (AvgIpc) is 2.89. The second kappa shape index (κ2) is 8.46. The molecule has 5 nitrogen and oxygen atoms in total. The number of nitrogens with one attached hydrogen (secondary N) is 1. The van der Waals surface area contributed by atoms with Gasteiger partial charge in [-0.3, -0.25) is 14.3 Å². The number of nitrogens with zero attached hydrogens (tertiary/aromatic N) is 3. The van der Waals surface area contributed by atoms with Crippen LogP contribution in [-0.2, 0) is 6.54 Å². The van der Waals surface area contributed by atoms with Crippen LogP contribution >= 0.6 is 11.6 Å². The summed E-state index contributed by atoms with van der Waals surface area (Å²) in [5.41, 5.74) is 0.176. The molecular formula is C19H26ClFN4O. The van der Waals surface area contributed by atoms with Crippen LogP contribution in [0.15, 0.2) is 16.9 Å². The van der Waals surface area contributed by atoms with Crippen molar-refractivity contribution in [3.8, 4) is 0 Å². The van der Waals surface area contributed by atoms with E-state index in [0.717, 1.165) is 51.3 Å². The Hall–Kier alpha value is -1.50. The zero-order valence-electron chi connectivity index (χ0n) is 15.4. The van der Waals surface area contributed by atoms with Gasteiger partial charge in [0.1, 0.15) is 11.6 Å². The monoisotopic (exact) mass is 380 g/mol. The molecule has 0 radical (unpaired) electrons. The minimum Gasteiger partial charge on any atom is -0.315 e. The van der Waals surface area contributed by atoms with Crippen LogP contribution in [0, 0.1) is 5.82 Å². The standard InChI is InChI=1S/C19H26ClFN4O/c1-3-6-16(24-9-5-7-22-8-10-24)18-23-17-14(19(26)25(18)4-2)11-13(21)12-15(17)20/h11-12,16,22H,3-10H2,1-2H3. The number of halogens is 2. The highest BCUT2D eigenvalue weighted by Gasteiger charge is 2.26. The van der Waals surface area contributed by atoms with Gasteiger partial charge in [0.2, 0.25) is 0 Å². The molecule has 142 valence electrons. The zero-order chi connectivity index (χ0) is 18.7. The van der Waals surface area contributed by atoms with Crippen molar-refractivity contribution in [1.29, 1.82) is 0 Å². The van der Waals surface area contributed by atoms with E-state index in [1.807, 2.05) is 6.92 Å². The summed E-state index contributed by atoms with van der Waals surface area (Å²) in [6, 6.07) is 2.51. The highest BCUT2D eigenvalue weighted by atomic mass is 35.5. The van der Waals surface area contributed by atoms with Crippen LogP contribution in [0.3, 0.4) is 0 Å². The molecule has 1 saturated heterocycles. The van der Waals surface area contributed by atoms with E-state index in [-0.39, 0.29) is 22.0 Å². The van der Waals surface area contributed by atoms with Crippen LogP contribution < -0.4 is 10.9 Å². The van der Waals surface area contributed by atoms with Crippen molar-refractivity contribution < 1.29 is 4.39 Å². The fraction of sp³-hybridized carbons (Fsp3) is 0.579. The van der Waals surface area contributed by atoms with Crippen molar-refractivity contribution in [3.63, 3.8) is 0 Å². The summed E-state index contributed by atoms with van der Waals surface area (Å²) in [6.45, 7) is 8.37. The van der Waals surface area contributed by atoms with Gasteiger partial charge >= 0.3 is 0 Å². The van der Waals surface area contributed by atoms with E-state index in [2.05, 4.69) is 17.1 Å². The smallest absolute Gasteiger partial charge is 0.261 e. The number of hydrogen-bond acceptors (Lipinski definition) is 4. The Balaban J connectivity index is 2.18. The van der Waals surface area contributed by atoms with E-state index >= 15 is 0 Å². The lowest BCUT2D eigenvalue weighted by molar-refractivity contribution is 0.185. The van der Waals surface area contributed by atoms with E-state index in [0.29, 0.717) is 12.1 Å². The normalized spacial score (nSPS) is 17.4. The average molecular weight is 381 g/mol. The molecule has 0 saturated carbocycles. The molecule has 1 unspecified atom stereocenters. The first-order chi connectivity index (χ1) is 12.6. The molecule has 3 rings (SSSR count). The molecule has 26 heavy (non-hydrogen) atoms. The first-order valence-electron chi connectivity index (χ1n) is 9.41. The Morgan fingerprint density at radius 3 is 2.85 bits per heavy atom. The lowest BCUT2D eigenvalue weighted by Crippen LogP contribution is -2.37. The summed E-state index contributed by atoms with van der Waals surface area (Å²) in [7, 11) is 0. The second-order valence-electron chi connectivity index (χ2n) is 6.75. The van der Waals surface area contributed by atoms with Gasteiger partial charge in [0.25, 0.3) is 5.56 Å². The summed E-state index contributed by atoms with van der Waals surface area (Å²) in [6.07, 6.45) is 2.97. The summed E-state index contributed by atoms with van der Waals surface area (Å²) >= 11 is 6.22. The van der Waals surface area contributed by atoms with Crippen LogP contribution in [0.25, 0.3) is 10.9 Å². The van der Waals surface area contributed by atoms with Crippen LogP contribution in [0.1, 0.15) is 45.0 Å². The fourth-order valence-corrected chi connectivity index (χ4v) is 4.00. The molecule has 0 amide bonds. The summed E-state index contributed by atoms with van der Waals surface area (Å²) in [5, 5.41) is 3.85. The minimum atomic E-state index is -0.513. The third-order valence-electron chi connectivity index (χ3n) is 5.00. The maximum atomic E-state index is 13.8. The molecule has 0 aliphatic carbocycles.